The summed E-state index contributed by atoms with van der Waals surface area (Å²) in [6.07, 6.45) is 6.61. The minimum atomic E-state index is -0.347. The lowest BCUT2D eigenvalue weighted by Crippen LogP contribution is -2.34. The van der Waals surface area contributed by atoms with Gasteiger partial charge < -0.3 is 5.32 Å². The lowest BCUT2D eigenvalue weighted by molar-refractivity contribution is -0.384. The van der Waals surface area contributed by atoms with E-state index in [-0.39, 0.29) is 10.6 Å². The fourth-order valence-corrected chi connectivity index (χ4v) is 5.38. The van der Waals surface area contributed by atoms with Crippen molar-refractivity contribution in [2.24, 2.45) is 23.7 Å². The van der Waals surface area contributed by atoms with Crippen molar-refractivity contribution in [1.82, 2.24) is 0 Å². The molecular weight excluding hydrogens is 288 g/mol. The van der Waals surface area contributed by atoms with E-state index in [1.807, 2.05) is 0 Å². The van der Waals surface area contributed by atoms with E-state index in [0.717, 1.165) is 17.8 Å². The van der Waals surface area contributed by atoms with Gasteiger partial charge in [0.2, 0.25) is 0 Å². The highest BCUT2D eigenvalue weighted by atomic mass is 35.5. The van der Waals surface area contributed by atoms with Crippen molar-refractivity contribution < 1.29 is 4.92 Å². The number of rotatable bonds is 3. The standard InChI is InChI=1S/C16H19ClN2O2/c17-10-4-5-14(16(8-10)19(20)21)18-15-7-9-6-13(15)12-3-1-2-11(9)12/h4-5,8-9,11-13,15,18H,1-3,6-7H2. The second-order valence-electron chi connectivity index (χ2n) is 6.82. The summed E-state index contributed by atoms with van der Waals surface area (Å²) in [7, 11) is 0. The summed E-state index contributed by atoms with van der Waals surface area (Å²) in [5.41, 5.74) is 0.713. The molecular formula is C16H19ClN2O2. The lowest BCUT2D eigenvalue weighted by Gasteiger charge is -2.32. The molecule has 1 aromatic carbocycles. The Balaban J connectivity index is 1.56. The summed E-state index contributed by atoms with van der Waals surface area (Å²) < 4.78 is 0. The Morgan fingerprint density at radius 3 is 2.81 bits per heavy atom. The molecule has 2 bridgehead atoms. The fourth-order valence-electron chi connectivity index (χ4n) is 5.21. The SMILES string of the molecule is O=[N+]([O-])c1cc(Cl)ccc1NC1CC2CC1C1CCCC21. The lowest BCUT2D eigenvalue weighted by atomic mass is 9.79. The highest BCUT2D eigenvalue weighted by Gasteiger charge is 2.53. The van der Waals surface area contributed by atoms with Crippen LogP contribution in [-0.4, -0.2) is 11.0 Å². The molecule has 112 valence electrons. The van der Waals surface area contributed by atoms with Crippen LogP contribution in [0.15, 0.2) is 18.2 Å². The number of fused-ring (bicyclic) bond motifs is 5. The Bertz CT molecular complexity index is 592. The molecule has 0 saturated heterocycles. The van der Waals surface area contributed by atoms with Crippen LogP contribution in [0.5, 0.6) is 0 Å². The molecule has 3 fully saturated rings. The van der Waals surface area contributed by atoms with E-state index >= 15 is 0 Å². The van der Waals surface area contributed by atoms with Crippen LogP contribution in [0.1, 0.15) is 32.1 Å². The fraction of sp³-hybridized carbons (Fsp3) is 0.625. The van der Waals surface area contributed by atoms with Crippen molar-refractivity contribution >= 4 is 23.0 Å². The molecule has 3 aliphatic rings. The molecule has 5 atom stereocenters. The third kappa shape index (κ3) is 2.11. The van der Waals surface area contributed by atoms with Gasteiger partial charge in [-0.05, 0) is 61.5 Å². The Morgan fingerprint density at radius 2 is 2.00 bits per heavy atom. The molecule has 0 amide bonds. The van der Waals surface area contributed by atoms with Crippen molar-refractivity contribution in [1.29, 1.82) is 0 Å². The zero-order chi connectivity index (χ0) is 14.6. The molecule has 5 heteroatoms. The summed E-state index contributed by atoms with van der Waals surface area (Å²) in [5, 5.41) is 15.1. The number of nitrogens with one attached hydrogen (secondary N) is 1. The average molecular weight is 307 g/mol. The van der Waals surface area contributed by atoms with Gasteiger partial charge in [-0.3, -0.25) is 10.1 Å². The second-order valence-corrected chi connectivity index (χ2v) is 7.26. The van der Waals surface area contributed by atoms with Gasteiger partial charge in [0.15, 0.2) is 0 Å². The predicted octanol–water partition coefficient (Wildman–Crippen LogP) is 4.48. The molecule has 1 aromatic rings. The van der Waals surface area contributed by atoms with Gasteiger partial charge in [0.05, 0.1) is 4.92 Å². The van der Waals surface area contributed by atoms with E-state index in [1.165, 1.54) is 38.2 Å². The quantitative estimate of drug-likeness (QED) is 0.661. The van der Waals surface area contributed by atoms with E-state index in [0.29, 0.717) is 22.7 Å². The maximum absolute atomic E-state index is 11.2. The van der Waals surface area contributed by atoms with Crippen molar-refractivity contribution in [3.05, 3.63) is 33.3 Å². The van der Waals surface area contributed by atoms with E-state index in [9.17, 15) is 10.1 Å². The smallest absolute Gasteiger partial charge is 0.293 e. The summed E-state index contributed by atoms with van der Waals surface area (Å²) in [6.45, 7) is 0. The van der Waals surface area contributed by atoms with Crippen molar-refractivity contribution in [2.45, 2.75) is 38.1 Å². The molecule has 3 aliphatic carbocycles. The number of benzene rings is 1. The monoisotopic (exact) mass is 306 g/mol. The van der Waals surface area contributed by atoms with Crippen LogP contribution in [0.3, 0.4) is 0 Å². The molecule has 0 aromatic heterocycles. The first-order chi connectivity index (χ1) is 10.1. The van der Waals surface area contributed by atoms with E-state index in [2.05, 4.69) is 5.32 Å². The molecule has 5 unspecified atom stereocenters. The third-order valence-corrected chi connectivity index (χ3v) is 6.16. The first-order valence-corrected chi connectivity index (χ1v) is 8.22. The molecule has 0 aliphatic heterocycles. The second kappa shape index (κ2) is 4.87. The number of halogens is 1. The van der Waals surface area contributed by atoms with Gasteiger partial charge in [-0.15, -0.1) is 0 Å². The number of nitro groups is 1. The number of nitro benzene ring substituents is 1. The van der Waals surface area contributed by atoms with Gasteiger partial charge in [-0.2, -0.15) is 0 Å². The topological polar surface area (TPSA) is 55.2 Å². The van der Waals surface area contributed by atoms with E-state index in [4.69, 9.17) is 11.6 Å². The molecule has 0 heterocycles. The first-order valence-electron chi connectivity index (χ1n) is 7.84. The van der Waals surface area contributed by atoms with Crippen LogP contribution in [-0.2, 0) is 0 Å². The Morgan fingerprint density at radius 1 is 1.19 bits per heavy atom. The summed E-state index contributed by atoms with van der Waals surface area (Å²) in [6, 6.07) is 5.31. The predicted molar refractivity (Wildman–Crippen MR) is 82.6 cm³/mol. The molecule has 21 heavy (non-hydrogen) atoms. The third-order valence-electron chi connectivity index (χ3n) is 5.93. The van der Waals surface area contributed by atoms with Crippen molar-refractivity contribution in [3.8, 4) is 0 Å². The zero-order valence-corrected chi connectivity index (χ0v) is 12.6. The Kier molecular flexibility index (Phi) is 3.10. The Labute approximate surface area is 129 Å². The van der Waals surface area contributed by atoms with Gasteiger partial charge >= 0.3 is 0 Å². The van der Waals surface area contributed by atoms with Crippen LogP contribution >= 0.6 is 11.6 Å². The van der Waals surface area contributed by atoms with Gasteiger partial charge in [0, 0.05) is 17.1 Å². The van der Waals surface area contributed by atoms with Crippen LogP contribution < -0.4 is 5.32 Å². The van der Waals surface area contributed by atoms with Crippen LogP contribution in [0.2, 0.25) is 5.02 Å². The van der Waals surface area contributed by atoms with Crippen LogP contribution in [0, 0.1) is 33.8 Å². The highest BCUT2D eigenvalue weighted by Crippen LogP contribution is 2.59. The maximum Gasteiger partial charge on any atom is 0.293 e. The molecule has 0 spiro atoms. The van der Waals surface area contributed by atoms with Crippen LogP contribution in [0.4, 0.5) is 11.4 Å². The minimum Gasteiger partial charge on any atom is -0.376 e. The van der Waals surface area contributed by atoms with Crippen molar-refractivity contribution in [3.63, 3.8) is 0 Å². The summed E-state index contributed by atoms with van der Waals surface area (Å²) in [5.74, 6) is 3.34. The Hall–Kier alpha value is -1.29. The minimum absolute atomic E-state index is 0.0910. The largest absolute Gasteiger partial charge is 0.376 e. The van der Waals surface area contributed by atoms with Crippen LogP contribution in [0.25, 0.3) is 0 Å². The zero-order valence-electron chi connectivity index (χ0n) is 11.8. The van der Waals surface area contributed by atoms with E-state index < -0.39 is 0 Å². The van der Waals surface area contributed by atoms with E-state index in [1.54, 1.807) is 12.1 Å². The van der Waals surface area contributed by atoms with Crippen molar-refractivity contribution in [2.75, 3.05) is 5.32 Å². The number of anilines is 1. The number of nitrogens with zero attached hydrogens (tertiary/aromatic N) is 1. The highest BCUT2D eigenvalue weighted by molar-refractivity contribution is 6.30. The van der Waals surface area contributed by atoms with Gasteiger partial charge in [0.25, 0.3) is 5.69 Å². The van der Waals surface area contributed by atoms with Gasteiger partial charge in [-0.25, -0.2) is 0 Å². The van der Waals surface area contributed by atoms with Gasteiger partial charge in [-0.1, -0.05) is 18.0 Å². The number of hydrogen-bond donors (Lipinski definition) is 1. The average Bonchev–Trinajstić information content (AvgIpc) is 3.12. The van der Waals surface area contributed by atoms with Gasteiger partial charge in [0.1, 0.15) is 5.69 Å². The molecule has 4 nitrogen and oxygen atoms in total. The normalized spacial score (nSPS) is 36.7. The summed E-state index contributed by atoms with van der Waals surface area (Å²) in [4.78, 5) is 10.8. The maximum atomic E-state index is 11.2. The first kappa shape index (κ1) is 13.4. The number of hydrogen-bond acceptors (Lipinski definition) is 3. The molecule has 1 N–H and O–H groups in total. The molecule has 4 rings (SSSR count). The molecule has 0 radical (unpaired) electrons. The summed E-state index contributed by atoms with van der Waals surface area (Å²) >= 11 is 5.88. The molecule has 3 saturated carbocycles.